The van der Waals surface area contributed by atoms with Gasteiger partial charge in [0, 0.05) is 31.5 Å². The van der Waals surface area contributed by atoms with E-state index < -0.39 is 5.83 Å². The number of anilines is 1. The normalized spacial score (nSPS) is 13.3. The molecule has 8 heteroatoms. The van der Waals surface area contributed by atoms with Gasteiger partial charge in [0.15, 0.2) is 0 Å². The fourth-order valence-corrected chi connectivity index (χ4v) is 4.89. The Morgan fingerprint density at radius 3 is 2.51 bits per heavy atom. The molecule has 5 nitrogen and oxygen atoms in total. The summed E-state index contributed by atoms with van der Waals surface area (Å²) in [6.45, 7) is 11.3. The van der Waals surface area contributed by atoms with Gasteiger partial charge in [0.1, 0.15) is 17.5 Å². The van der Waals surface area contributed by atoms with E-state index >= 15 is 0 Å². The van der Waals surface area contributed by atoms with Crippen LogP contribution in [0.3, 0.4) is 0 Å². The molecule has 1 aromatic heterocycles. The zero-order valence-electron chi connectivity index (χ0n) is 26.2. The van der Waals surface area contributed by atoms with Crippen LogP contribution in [0.1, 0.15) is 81.8 Å². The second kappa shape index (κ2) is 18.9. The molecule has 0 saturated carbocycles. The number of carbonyl (C=O) groups excluding carboxylic acids is 1. The molecule has 3 aromatic rings. The highest BCUT2D eigenvalue weighted by molar-refractivity contribution is 8.00. The number of imidazole rings is 1. The lowest BCUT2D eigenvalue weighted by Gasteiger charge is -2.26. The zero-order valence-corrected chi connectivity index (χ0v) is 27.0. The highest BCUT2D eigenvalue weighted by Gasteiger charge is 2.21. The molecular weight excluding hydrogens is 562 g/mol. The monoisotopic (exact) mass is 608 g/mol. The van der Waals surface area contributed by atoms with Gasteiger partial charge in [-0.05, 0) is 90.8 Å². The van der Waals surface area contributed by atoms with Gasteiger partial charge in [0.2, 0.25) is 5.91 Å². The fraction of sp³-hybridized carbons (Fsp3) is 0.371. The number of allylic oxidation sites excluding steroid dienone is 5. The zero-order chi connectivity index (χ0) is 31.8. The molecule has 1 aliphatic carbocycles. The van der Waals surface area contributed by atoms with E-state index in [1.807, 2.05) is 56.5 Å². The van der Waals surface area contributed by atoms with E-state index in [-0.39, 0.29) is 17.6 Å². The minimum absolute atomic E-state index is 0.0244. The quantitative estimate of drug-likeness (QED) is 0.184. The average molecular weight is 609 g/mol. The van der Waals surface area contributed by atoms with Crippen molar-refractivity contribution in [3.63, 3.8) is 0 Å². The first-order valence-corrected chi connectivity index (χ1v) is 15.8. The van der Waals surface area contributed by atoms with Crippen molar-refractivity contribution < 1.29 is 13.6 Å². The minimum Gasteiger partial charge on any atom is -0.337 e. The molecule has 0 spiro atoms. The molecule has 1 atom stereocenters. The first-order chi connectivity index (χ1) is 20.7. The summed E-state index contributed by atoms with van der Waals surface area (Å²) in [6.07, 6.45) is 13.8. The molecule has 232 valence electrons. The highest BCUT2D eigenvalue weighted by Crippen LogP contribution is 2.29. The van der Waals surface area contributed by atoms with Crippen LogP contribution in [0.15, 0.2) is 90.4 Å². The van der Waals surface area contributed by atoms with Gasteiger partial charge >= 0.3 is 0 Å². The van der Waals surface area contributed by atoms with Crippen LogP contribution in [0, 0.1) is 5.82 Å². The SMILES string of the molecule is C=C(F)/C=C\C=C(/C)SN.CC.C[C@@H](CCC(=O)N(Cc1nccn1C)c1ccc2c(c1)CCCC2)c1ccccc1F. The maximum atomic E-state index is 14.1. The molecule has 2 aromatic carbocycles. The average Bonchev–Trinajstić information content (AvgIpc) is 3.43. The number of nitrogens with zero attached hydrogens (tertiary/aromatic N) is 3. The number of hydrogen-bond acceptors (Lipinski definition) is 4. The topological polar surface area (TPSA) is 64.2 Å². The van der Waals surface area contributed by atoms with Gasteiger partial charge in [-0.25, -0.2) is 13.8 Å². The first kappa shape index (κ1) is 35.7. The third-order valence-electron chi connectivity index (χ3n) is 7.19. The Labute approximate surface area is 260 Å². The third kappa shape index (κ3) is 11.6. The van der Waals surface area contributed by atoms with E-state index in [4.69, 9.17) is 5.14 Å². The fourth-order valence-electron chi connectivity index (χ4n) is 4.73. The standard InChI is InChI=1S/C26H30FN3O.C7H10FNS.C2H6/c1-19(23-9-5-6-10-24(23)27)11-14-26(31)30(18-25-28-15-16-29(25)2)22-13-12-20-7-3-4-8-21(20)17-22;1-6(8)4-3-5-7(2)10-9;1-2/h5-6,9-10,12-13,15-17,19H,3-4,7-8,11,14,18H2,1-2H3;3-5H,1,9H2,2H3;1-2H3/b;4-3-,7-5+;/t19-;;/m0../s1. The van der Waals surface area contributed by atoms with Gasteiger partial charge in [0.05, 0.1) is 6.54 Å². The summed E-state index contributed by atoms with van der Waals surface area (Å²) in [5.41, 5.74) is 4.33. The summed E-state index contributed by atoms with van der Waals surface area (Å²) < 4.78 is 28.0. The van der Waals surface area contributed by atoms with Crippen molar-refractivity contribution in [3.05, 3.63) is 119 Å². The van der Waals surface area contributed by atoms with E-state index in [9.17, 15) is 13.6 Å². The van der Waals surface area contributed by atoms with Crippen LogP contribution < -0.4 is 10.0 Å². The molecule has 0 unspecified atom stereocenters. The molecule has 0 saturated heterocycles. The van der Waals surface area contributed by atoms with Crippen molar-refractivity contribution >= 4 is 23.5 Å². The number of nitrogens with two attached hydrogens (primary N) is 1. The molecule has 0 radical (unpaired) electrons. The number of aromatic nitrogens is 2. The van der Waals surface area contributed by atoms with Crippen molar-refractivity contribution in [2.45, 2.75) is 78.7 Å². The molecule has 0 bridgehead atoms. The van der Waals surface area contributed by atoms with Crippen LogP contribution in [0.2, 0.25) is 0 Å². The van der Waals surface area contributed by atoms with Gasteiger partial charge < -0.3 is 9.47 Å². The Balaban J connectivity index is 0.000000459. The summed E-state index contributed by atoms with van der Waals surface area (Å²) in [7, 11) is 1.94. The lowest BCUT2D eigenvalue weighted by molar-refractivity contribution is -0.119. The predicted octanol–water partition coefficient (Wildman–Crippen LogP) is 9.12. The number of benzene rings is 2. The van der Waals surface area contributed by atoms with Gasteiger partial charge in [-0.15, -0.1) is 0 Å². The largest absolute Gasteiger partial charge is 0.337 e. The predicted molar refractivity (Wildman–Crippen MR) is 178 cm³/mol. The van der Waals surface area contributed by atoms with Gasteiger partial charge in [-0.2, -0.15) is 0 Å². The summed E-state index contributed by atoms with van der Waals surface area (Å²) in [5, 5.41) is 5.19. The molecule has 1 heterocycles. The summed E-state index contributed by atoms with van der Waals surface area (Å²) in [5.74, 6) is 0.201. The van der Waals surface area contributed by atoms with Crippen LogP contribution in [-0.2, 0) is 31.2 Å². The number of carbonyl (C=O) groups is 1. The van der Waals surface area contributed by atoms with Crippen molar-refractivity contribution in [2.75, 3.05) is 4.90 Å². The van der Waals surface area contributed by atoms with Crippen molar-refractivity contribution in [1.29, 1.82) is 0 Å². The number of amides is 1. The summed E-state index contributed by atoms with van der Waals surface area (Å²) in [4.78, 5) is 20.6. The molecule has 1 aliphatic rings. The Bertz CT molecular complexity index is 1380. The number of fused-ring (bicyclic) bond motifs is 1. The number of aryl methyl sites for hydroxylation is 3. The maximum absolute atomic E-state index is 14.1. The number of rotatable bonds is 10. The van der Waals surface area contributed by atoms with E-state index in [0.717, 1.165) is 41.2 Å². The lowest BCUT2D eigenvalue weighted by atomic mass is 9.91. The van der Waals surface area contributed by atoms with Crippen LogP contribution in [0.5, 0.6) is 0 Å². The Kier molecular flexibility index (Phi) is 15.7. The van der Waals surface area contributed by atoms with Gasteiger partial charge in [-0.3, -0.25) is 9.93 Å². The Hall–Kier alpha value is -3.49. The second-order valence-corrected chi connectivity index (χ2v) is 11.1. The van der Waals surface area contributed by atoms with Gasteiger partial charge in [-0.1, -0.05) is 75.7 Å². The molecule has 1 amide bonds. The van der Waals surface area contributed by atoms with Crippen molar-refractivity contribution in [3.8, 4) is 0 Å². The number of halogens is 2. The van der Waals surface area contributed by atoms with Gasteiger partial charge in [0.25, 0.3) is 0 Å². The molecule has 4 rings (SSSR count). The lowest BCUT2D eigenvalue weighted by Crippen LogP contribution is -2.31. The van der Waals surface area contributed by atoms with E-state index in [1.54, 1.807) is 30.5 Å². The minimum atomic E-state index is -0.453. The van der Waals surface area contributed by atoms with Crippen LogP contribution >= 0.6 is 11.9 Å². The van der Waals surface area contributed by atoms with E-state index in [2.05, 4.69) is 29.8 Å². The molecule has 43 heavy (non-hydrogen) atoms. The highest BCUT2D eigenvalue weighted by atomic mass is 32.2. The molecule has 0 aliphatic heterocycles. The Morgan fingerprint density at radius 2 is 1.88 bits per heavy atom. The number of hydrogen-bond donors (Lipinski definition) is 1. The summed E-state index contributed by atoms with van der Waals surface area (Å²) >= 11 is 1.13. The van der Waals surface area contributed by atoms with Crippen LogP contribution in [0.4, 0.5) is 14.5 Å². The molecule has 2 N–H and O–H groups in total. The first-order valence-electron chi connectivity index (χ1n) is 14.9. The van der Waals surface area contributed by atoms with E-state index in [0.29, 0.717) is 24.9 Å². The van der Waals surface area contributed by atoms with Crippen molar-refractivity contribution in [1.82, 2.24) is 9.55 Å². The third-order valence-corrected chi connectivity index (χ3v) is 7.69. The smallest absolute Gasteiger partial charge is 0.227 e. The summed E-state index contributed by atoms with van der Waals surface area (Å²) in [6, 6.07) is 13.2. The molecular formula is C35H46F2N4OS. The molecule has 0 fully saturated rings. The second-order valence-electron chi connectivity index (χ2n) is 10.3. The Morgan fingerprint density at radius 1 is 1.19 bits per heavy atom. The maximum Gasteiger partial charge on any atom is 0.227 e. The van der Waals surface area contributed by atoms with Crippen LogP contribution in [0.25, 0.3) is 0 Å². The van der Waals surface area contributed by atoms with Crippen LogP contribution in [-0.4, -0.2) is 15.5 Å². The van der Waals surface area contributed by atoms with Crippen molar-refractivity contribution in [2.24, 2.45) is 12.2 Å². The van der Waals surface area contributed by atoms with E-state index in [1.165, 1.54) is 36.1 Å².